The van der Waals surface area contributed by atoms with Gasteiger partial charge in [0.2, 0.25) is 5.69 Å². The van der Waals surface area contributed by atoms with Crippen LogP contribution in [0.1, 0.15) is 16.9 Å². The molecule has 7 nitrogen and oxygen atoms in total. The third-order valence-corrected chi connectivity index (χ3v) is 2.46. The van der Waals surface area contributed by atoms with Crippen LogP contribution in [-0.4, -0.2) is 38.6 Å². The lowest BCUT2D eigenvalue weighted by molar-refractivity contribution is -0.385. The van der Waals surface area contributed by atoms with Crippen LogP contribution in [-0.2, 0) is 7.05 Å². The molecule has 1 aliphatic heterocycles. The lowest BCUT2D eigenvalue weighted by Crippen LogP contribution is -2.42. The lowest BCUT2D eigenvalue weighted by Gasteiger charge is -2.30. The molecule has 1 saturated heterocycles. The molecule has 0 unspecified atom stereocenters. The third-order valence-electron chi connectivity index (χ3n) is 2.46. The normalized spacial score (nSPS) is 14.9. The summed E-state index contributed by atoms with van der Waals surface area (Å²) in [5.74, 6) is -0.312. The van der Waals surface area contributed by atoms with Crippen molar-refractivity contribution in [2.24, 2.45) is 7.05 Å². The maximum Gasteiger partial charge on any atom is 0.320 e. The van der Waals surface area contributed by atoms with Gasteiger partial charge in [0.15, 0.2) is 0 Å². The summed E-state index contributed by atoms with van der Waals surface area (Å²) in [5, 5.41) is 14.4. The Balaban J connectivity index is 2.36. The molecule has 0 atom stereocenters. The van der Waals surface area contributed by atoms with E-state index < -0.39 is 4.92 Å². The zero-order valence-electron chi connectivity index (χ0n) is 8.21. The van der Waals surface area contributed by atoms with Gasteiger partial charge in [-0.2, -0.15) is 5.10 Å². The van der Waals surface area contributed by atoms with Crippen molar-refractivity contribution in [2.45, 2.75) is 6.42 Å². The summed E-state index contributed by atoms with van der Waals surface area (Å²) >= 11 is 0. The highest BCUT2D eigenvalue weighted by Gasteiger charge is 2.31. The second kappa shape index (κ2) is 3.34. The third kappa shape index (κ3) is 1.45. The Morgan fingerprint density at radius 2 is 2.27 bits per heavy atom. The first-order valence-electron chi connectivity index (χ1n) is 4.57. The Bertz CT molecular complexity index is 422. The van der Waals surface area contributed by atoms with Gasteiger partial charge in [0.25, 0.3) is 5.91 Å². The van der Waals surface area contributed by atoms with Crippen LogP contribution in [0.3, 0.4) is 0 Å². The first-order valence-corrected chi connectivity index (χ1v) is 4.57. The average Bonchev–Trinajstić information content (AvgIpc) is 2.43. The van der Waals surface area contributed by atoms with Crippen molar-refractivity contribution in [2.75, 3.05) is 13.1 Å². The molecular weight excluding hydrogens is 200 g/mol. The van der Waals surface area contributed by atoms with E-state index in [9.17, 15) is 14.9 Å². The van der Waals surface area contributed by atoms with Crippen LogP contribution in [0.15, 0.2) is 6.20 Å². The highest BCUT2D eigenvalue weighted by molar-refractivity contribution is 5.96. The maximum atomic E-state index is 11.8. The standard InChI is InChI=1S/C8H10N4O3/c1-10-7(6(5-9-10)12(14)15)8(13)11-3-2-4-11/h5H,2-4H2,1H3. The van der Waals surface area contributed by atoms with E-state index in [2.05, 4.69) is 5.10 Å². The van der Waals surface area contributed by atoms with E-state index in [4.69, 9.17) is 0 Å². The quantitative estimate of drug-likeness (QED) is 0.514. The van der Waals surface area contributed by atoms with Crippen molar-refractivity contribution < 1.29 is 9.72 Å². The highest BCUT2D eigenvalue weighted by Crippen LogP contribution is 2.21. The van der Waals surface area contributed by atoms with Crippen molar-refractivity contribution in [3.8, 4) is 0 Å². The molecular formula is C8H10N4O3. The van der Waals surface area contributed by atoms with Crippen LogP contribution in [0.2, 0.25) is 0 Å². The van der Waals surface area contributed by atoms with Crippen molar-refractivity contribution in [3.05, 3.63) is 22.0 Å². The van der Waals surface area contributed by atoms with E-state index in [1.165, 1.54) is 11.7 Å². The molecule has 80 valence electrons. The van der Waals surface area contributed by atoms with Gasteiger partial charge in [-0.1, -0.05) is 0 Å². The van der Waals surface area contributed by atoms with Gasteiger partial charge in [0.1, 0.15) is 6.20 Å². The number of nitro groups is 1. The molecule has 0 aromatic carbocycles. The van der Waals surface area contributed by atoms with Gasteiger partial charge < -0.3 is 4.90 Å². The van der Waals surface area contributed by atoms with Crippen LogP contribution >= 0.6 is 0 Å². The smallest absolute Gasteiger partial charge is 0.320 e. The SMILES string of the molecule is Cn1ncc([N+](=O)[O-])c1C(=O)N1CCC1. The fourth-order valence-corrected chi connectivity index (χ4v) is 1.48. The Labute approximate surface area is 85.4 Å². The molecule has 0 bridgehead atoms. The molecule has 1 amide bonds. The monoisotopic (exact) mass is 210 g/mol. The maximum absolute atomic E-state index is 11.8. The van der Waals surface area contributed by atoms with E-state index in [0.717, 1.165) is 12.6 Å². The lowest BCUT2D eigenvalue weighted by atomic mass is 10.2. The summed E-state index contributed by atoms with van der Waals surface area (Å²) in [5.41, 5.74) is -0.172. The van der Waals surface area contributed by atoms with Crippen LogP contribution < -0.4 is 0 Å². The Kier molecular flexibility index (Phi) is 2.14. The van der Waals surface area contributed by atoms with Gasteiger partial charge in [-0.25, -0.2) is 0 Å². The van der Waals surface area contributed by atoms with Crippen molar-refractivity contribution in [3.63, 3.8) is 0 Å². The van der Waals surface area contributed by atoms with Gasteiger partial charge in [0.05, 0.1) is 4.92 Å². The largest absolute Gasteiger partial charge is 0.337 e. The molecule has 1 aliphatic rings. The molecule has 0 saturated carbocycles. The van der Waals surface area contributed by atoms with Crippen molar-refractivity contribution in [1.82, 2.24) is 14.7 Å². The van der Waals surface area contributed by atoms with Gasteiger partial charge in [-0.15, -0.1) is 0 Å². The topological polar surface area (TPSA) is 81.3 Å². The summed E-state index contributed by atoms with van der Waals surface area (Å²) < 4.78 is 1.25. The fourth-order valence-electron chi connectivity index (χ4n) is 1.48. The molecule has 0 spiro atoms. The second-order valence-electron chi connectivity index (χ2n) is 3.40. The predicted octanol–water partition coefficient (Wildman–Crippen LogP) is 0.174. The Hall–Kier alpha value is -1.92. The molecule has 2 rings (SSSR count). The zero-order valence-corrected chi connectivity index (χ0v) is 8.21. The zero-order chi connectivity index (χ0) is 11.0. The van der Waals surface area contributed by atoms with Crippen molar-refractivity contribution >= 4 is 11.6 Å². The Morgan fingerprint density at radius 3 is 2.73 bits per heavy atom. The van der Waals surface area contributed by atoms with Crippen molar-refractivity contribution in [1.29, 1.82) is 0 Å². The highest BCUT2D eigenvalue weighted by atomic mass is 16.6. The summed E-state index contributed by atoms with van der Waals surface area (Å²) in [6, 6.07) is 0. The molecule has 7 heteroatoms. The number of amides is 1. The molecule has 0 N–H and O–H groups in total. The van der Waals surface area contributed by atoms with E-state index in [1.807, 2.05) is 0 Å². The number of nitrogens with zero attached hydrogens (tertiary/aromatic N) is 4. The minimum absolute atomic E-state index is 0.0553. The van der Waals surface area contributed by atoms with Crippen LogP contribution in [0.4, 0.5) is 5.69 Å². The van der Waals surface area contributed by atoms with E-state index in [0.29, 0.717) is 13.1 Å². The number of carbonyl (C=O) groups excluding carboxylic acids is 1. The van der Waals surface area contributed by atoms with Crippen LogP contribution in [0, 0.1) is 10.1 Å². The predicted molar refractivity (Wildman–Crippen MR) is 50.4 cm³/mol. The summed E-state index contributed by atoms with van der Waals surface area (Å²) in [4.78, 5) is 23.4. The van der Waals surface area contributed by atoms with E-state index >= 15 is 0 Å². The first-order chi connectivity index (χ1) is 7.11. The molecule has 2 heterocycles. The summed E-state index contributed by atoms with van der Waals surface area (Å²) in [6.45, 7) is 1.34. The molecule has 15 heavy (non-hydrogen) atoms. The summed E-state index contributed by atoms with van der Waals surface area (Å²) in [6.07, 6.45) is 2.06. The van der Waals surface area contributed by atoms with E-state index in [1.54, 1.807) is 4.90 Å². The first kappa shape index (κ1) is 9.63. The van der Waals surface area contributed by atoms with Gasteiger partial charge in [-0.3, -0.25) is 19.6 Å². The number of hydrogen-bond donors (Lipinski definition) is 0. The second-order valence-corrected chi connectivity index (χ2v) is 3.40. The number of hydrogen-bond acceptors (Lipinski definition) is 4. The minimum atomic E-state index is -0.583. The summed E-state index contributed by atoms with van der Waals surface area (Å²) in [7, 11) is 1.53. The Morgan fingerprint density at radius 1 is 1.60 bits per heavy atom. The van der Waals surface area contributed by atoms with Crippen LogP contribution in [0.25, 0.3) is 0 Å². The molecule has 1 fully saturated rings. The van der Waals surface area contributed by atoms with Gasteiger partial charge in [-0.05, 0) is 6.42 Å². The van der Waals surface area contributed by atoms with Gasteiger partial charge in [0, 0.05) is 20.1 Å². The van der Waals surface area contributed by atoms with E-state index in [-0.39, 0.29) is 17.3 Å². The number of likely N-dealkylation sites (tertiary alicyclic amines) is 1. The molecule has 1 aromatic rings. The number of rotatable bonds is 2. The number of aryl methyl sites for hydroxylation is 1. The minimum Gasteiger partial charge on any atom is -0.337 e. The van der Waals surface area contributed by atoms with Gasteiger partial charge >= 0.3 is 5.69 Å². The molecule has 0 aliphatic carbocycles. The number of carbonyl (C=O) groups is 1. The van der Waals surface area contributed by atoms with Crippen LogP contribution in [0.5, 0.6) is 0 Å². The number of aromatic nitrogens is 2. The fraction of sp³-hybridized carbons (Fsp3) is 0.500. The molecule has 0 radical (unpaired) electrons. The average molecular weight is 210 g/mol. The molecule has 1 aromatic heterocycles.